The fourth-order valence-corrected chi connectivity index (χ4v) is 2.05. The smallest absolute Gasteiger partial charge is 0.413 e. The van der Waals surface area contributed by atoms with Crippen LogP contribution in [-0.4, -0.2) is 21.8 Å². The zero-order valence-electron chi connectivity index (χ0n) is 11.7. The molecule has 0 aromatic carbocycles. The first kappa shape index (κ1) is 15.9. The molecular weight excluding hydrogens is 312 g/mol. The fourth-order valence-electron chi connectivity index (χ4n) is 1.35. The van der Waals surface area contributed by atoms with E-state index in [0.717, 1.165) is 0 Å². The summed E-state index contributed by atoms with van der Waals surface area (Å²) in [6.45, 7) is 8.59. The predicted molar refractivity (Wildman–Crippen MR) is 77.0 cm³/mol. The lowest BCUT2D eigenvalue weighted by Crippen LogP contribution is -2.28. The molecule has 0 spiro atoms. The van der Waals surface area contributed by atoms with E-state index in [2.05, 4.69) is 26.2 Å². The van der Waals surface area contributed by atoms with E-state index in [1.807, 2.05) is 0 Å². The van der Waals surface area contributed by atoms with E-state index in [4.69, 9.17) is 4.74 Å². The minimum atomic E-state index is -1.11. The highest BCUT2D eigenvalue weighted by molar-refractivity contribution is 9.10. The number of amides is 1. The van der Waals surface area contributed by atoms with Gasteiger partial charge in [-0.3, -0.25) is 5.32 Å². The van der Waals surface area contributed by atoms with Crippen molar-refractivity contribution in [3.05, 3.63) is 22.3 Å². The molecule has 2 N–H and O–H groups in total. The van der Waals surface area contributed by atoms with Gasteiger partial charge < -0.3 is 9.84 Å². The summed E-state index contributed by atoms with van der Waals surface area (Å²) in [4.78, 5) is 15.8. The summed E-state index contributed by atoms with van der Waals surface area (Å²) in [5.41, 5.74) is -1.23. The van der Waals surface area contributed by atoms with Gasteiger partial charge in [0.15, 0.2) is 0 Å². The largest absolute Gasteiger partial charge is 0.444 e. The van der Waals surface area contributed by atoms with Crippen molar-refractivity contribution in [1.82, 2.24) is 4.98 Å². The van der Waals surface area contributed by atoms with Gasteiger partial charge in [-0.15, -0.1) is 0 Å². The SMILES string of the molecule is CC(C)(C)OC(=O)Nc1ccc(Br)c(C(C)(C)O)n1. The van der Waals surface area contributed by atoms with Crippen molar-refractivity contribution in [1.29, 1.82) is 0 Å². The average molecular weight is 331 g/mol. The van der Waals surface area contributed by atoms with Crippen LogP contribution in [0.2, 0.25) is 0 Å². The van der Waals surface area contributed by atoms with Gasteiger partial charge in [-0.05, 0) is 62.7 Å². The van der Waals surface area contributed by atoms with Gasteiger partial charge in [0.05, 0.1) is 5.69 Å². The average Bonchev–Trinajstić information content (AvgIpc) is 2.16. The Hall–Kier alpha value is -1.14. The van der Waals surface area contributed by atoms with Crippen LogP contribution in [0.3, 0.4) is 0 Å². The molecule has 1 amide bonds. The number of rotatable bonds is 2. The number of carbonyl (C=O) groups excluding carboxylic acids is 1. The highest BCUT2D eigenvalue weighted by Crippen LogP contribution is 2.27. The Balaban J connectivity index is 2.89. The lowest BCUT2D eigenvalue weighted by atomic mass is 10.1. The van der Waals surface area contributed by atoms with E-state index in [1.54, 1.807) is 46.8 Å². The van der Waals surface area contributed by atoms with E-state index in [-0.39, 0.29) is 0 Å². The van der Waals surface area contributed by atoms with Crippen molar-refractivity contribution in [3.8, 4) is 0 Å². The molecular formula is C13H19BrN2O3. The number of aromatic nitrogens is 1. The molecule has 0 aliphatic rings. The van der Waals surface area contributed by atoms with Gasteiger partial charge >= 0.3 is 6.09 Å². The van der Waals surface area contributed by atoms with Crippen LogP contribution in [0.5, 0.6) is 0 Å². The molecule has 0 unspecified atom stereocenters. The third-order valence-electron chi connectivity index (χ3n) is 2.05. The van der Waals surface area contributed by atoms with Crippen molar-refractivity contribution in [3.63, 3.8) is 0 Å². The summed E-state index contributed by atoms with van der Waals surface area (Å²) in [6.07, 6.45) is -0.580. The highest BCUT2D eigenvalue weighted by Gasteiger charge is 2.22. The quantitative estimate of drug-likeness (QED) is 0.871. The summed E-state index contributed by atoms with van der Waals surface area (Å²) in [7, 11) is 0. The maximum atomic E-state index is 11.6. The molecule has 1 aromatic rings. The van der Waals surface area contributed by atoms with Crippen molar-refractivity contribution in [2.45, 2.75) is 45.8 Å². The van der Waals surface area contributed by atoms with E-state index >= 15 is 0 Å². The zero-order valence-corrected chi connectivity index (χ0v) is 13.3. The Morgan fingerprint density at radius 1 is 1.32 bits per heavy atom. The first-order chi connectivity index (χ1) is 8.49. The van der Waals surface area contributed by atoms with E-state index < -0.39 is 17.3 Å². The third kappa shape index (κ3) is 5.16. The first-order valence-corrected chi connectivity index (χ1v) is 6.68. The van der Waals surface area contributed by atoms with Gasteiger partial charge in [-0.2, -0.15) is 0 Å². The van der Waals surface area contributed by atoms with Crippen LogP contribution in [0.1, 0.15) is 40.3 Å². The Bertz CT molecular complexity index is 476. The Morgan fingerprint density at radius 2 is 1.89 bits per heavy atom. The normalized spacial score (nSPS) is 12.2. The molecule has 0 aliphatic heterocycles. The van der Waals surface area contributed by atoms with E-state index in [1.165, 1.54) is 0 Å². The van der Waals surface area contributed by atoms with Crippen LogP contribution < -0.4 is 5.32 Å². The third-order valence-corrected chi connectivity index (χ3v) is 2.69. The number of hydrogen-bond donors (Lipinski definition) is 2. The zero-order chi connectivity index (χ0) is 14.8. The number of halogens is 1. The van der Waals surface area contributed by atoms with Gasteiger partial charge in [0, 0.05) is 4.47 Å². The maximum Gasteiger partial charge on any atom is 0.413 e. The monoisotopic (exact) mass is 330 g/mol. The molecule has 1 heterocycles. The van der Waals surface area contributed by atoms with E-state index in [0.29, 0.717) is 16.0 Å². The van der Waals surface area contributed by atoms with Crippen molar-refractivity contribution in [2.75, 3.05) is 5.32 Å². The van der Waals surface area contributed by atoms with Gasteiger partial charge in [0.25, 0.3) is 0 Å². The minimum Gasteiger partial charge on any atom is -0.444 e. The van der Waals surface area contributed by atoms with E-state index in [9.17, 15) is 9.90 Å². The maximum absolute atomic E-state index is 11.6. The van der Waals surface area contributed by atoms with Crippen molar-refractivity contribution < 1.29 is 14.6 Å². The Labute approximate surface area is 121 Å². The first-order valence-electron chi connectivity index (χ1n) is 5.88. The molecule has 1 aromatic heterocycles. The molecule has 0 atom stereocenters. The molecule has 19 heavy (non-hydrogen) atoms. The number of ether oxygens (including phenoxy) is 1. The molecule has 0 aliphatic carbocycles. The van der Waals surface area contributed by atoms with Gasteiger partial charge in [0.2, 0.25) is 0 Å². The number of pyridine rings is 1. The lowest BCUT2D eigenvalue weighted by molar-refractivity contribution is 0.0630. The molecule has 0 saturated heterocycles. The van der Waals surface area contributed by atoms with Gasteiger partial charge in [-0.25, -0.2) is 9.78 Å². The van der Waals surface area contributed by atoms with Crippen LogP contribution in [0.25, 0.3) is 0 Å². The molecule has 0 radical (unpaired) electrons. The molecule has 106 valence electrons. The second-order valence-corrected chi connectivity index (χ2v) is 6.57. The lowest BCUT2D eigenvalue weighted by Gasteiger charge is -2.21. The summed E-state index contributed by atoms with van der Waals surface area (Å²) in [6, 6.07) is 3.34. The van der Waals surface area contributed by atoms with Gasteiger partial charge in [-0.1, -0.05) is 0 Å². The summed E-state index contributed by atoms with van der Waals surface area (Å²) < 4.78 is 5.81. The van der Waals surface area contributed by atoms with Crippen molar-refractivity contribution >= 4 is 27.8 Å². The predicted octanol–water partition coefficient (Wildman–Crippen LogP) is 3.42. The number of anilines is 1. The molecule has 5 nitrogen and oxygen atoms in total. The summed E-state index contributed by atoms with van der Waals surface area (Å²) >= 11 is 3.31. The molecule has 0 saturated carbocycles. The number of aliphatic hydroxyl groups is 1. The molecule has 0 bridgehead atoms. The van der Waals surface area contributed by atoms with Crippen LogP contribution in [-0.2, 0) is 10.3 Å². The summed E-state index contributed by atoms with van der Waals surface area (Å²) in [5.74, 6) is 0.328. The standard InChI is InChI=1S/C13H19BrN2O3/c1-12(2,3)19-11(17)16-9-7-6-8(14)10(15-9)13(4,5)18/h6-7,18H,1-5H3,(H,15,16,17). The van der Waals surface area contributed by atoms with Crippen LogP contribution >= 0.6 is 15.9 Å². The van der Waals surface area contributed by atoms with Gasteiger partial charge in [0.1, 0.15) is 17.0 Å². The topological polar surface area (TPSA) is 71.5 Å². The second-order valence-electron chi connectivity index (χ2n) is 5.71. The fraction of sp³-hybridized carbons (Fsp3) is 0.538. The number of carbonyl (C=O) groups is 1. The van der Waals surface area contributed by atoms with Crippen molar-refractivity contribution in [2.24, 2.45) is 0 Å². The minimum absolute atomic E-state index is 0.328. The number of hydrogen-bond acceptors (Lipinski definition) is 4. The molecule has 1 rings (SSSR count). The van der Waals surface area contributed by atoms with Crippen LogP contribution in [0, 0.1) is 0 Å². The van der Waals surface area contributed by atoms with Crippen LogP contribution in [0.4, 0.5) is 10.6 Å². The molecule has 0 fully saturated rings. The molecule has 6 heteroatoms. The second kappa shape index (κ2) is 5.46. The number of nitrogens with zero attached hydrogens (tertiary/aromatic N) is 1. The Kier molecular flexibility index (Phi) is 4.58. The van der Waals surface area contributed by atoms with Crippen LogP contribution in [0.15, 0.2) is 16.6 Å². The Morgan fingerprint density at radius 3 is 2.37 bits per heavy atom. The highest BCUT2D eigenvalue weighted by atomic mass is 79.9. The summed E-state index contributed by atoms with van der Waals surface area (Å²) in [5, 5.41) is 12.5. The number of nitrogens with one attached hydrogen (secondary N) is 1.